The largest absolute Gasteiger partial charge is 0.356 e. The SMILES string of the molecule is N#Cc1ccc(CN2CCCN(c3cc(N4CCCC4)ncn3)CC2)cc1. The van der Waals surface area contributed by atoms with Crippen LogP contribution >= 0.6 is 0 Å². The van der Waals surface area contributed by atoms with Crippen LogP contribution in [0.25, 0.3) is 0 Å². The fourth-order valence-corrected chi connectivity index (χ4v) is 3.93. The molecule has 1 aromatic carbocycles. The van der Waals surface area contributed by atoms with Gasteiger partial charge < -0.3 is 9.80 Å². The van der Waals surface area contributed by atoms with E-state index in [0.29, 0.717) is 0 Å². The van der Waals surface area contributed by atoms with Gasteiger partial charge in [0, 0.05) is 51.9 Å². The van der Waals surface area contributed by atoms with Gasteiger partial charge in [0.05, 0.1) is 11.6 Å². The molecule has 0 aliphatic carbocycles. The van der Waals surface area contributed by atoms with Gasteiger partial charge >= 0.3 is 0 Å². The molecular weight excluding hydrogens is 336 g/mol. The van der Waals surface area contributed by atoms with Crippen molar-refractivity contribution in [1.29, 1.82) is 5.26 Å². The standard InChI is InChI=1S/C21H26N6/c22-15-18-4-6-19(7-5-18)16-25-8-3-11-27(13-12-25)21-14-20(23-17-24-21)26-9-1-2-10-26/h4-7,14,17H,1-3,8-13,16H2. The summed E-state index contributed by atoms with van der Waals surface area (Å²) in [5.74, 6) is 2.11. The lowest BCUT2D eigenvalue weighted by molar-refractivity contribution is 0.285. The van der Waals surface area contributed by atoms with Crippen LogP contribution < -0.4 is 9.80 Å². The van der Waals surface area contributed by atoms with Crippen molar-refractivity contribution >= 4 is 11.6 Å². The fourth-order valence-electron chi connectivity index (χ4n) is 3.93. The Morgan fingerprint density at radius 1 is 0.815 bits per heavy atom. The van der Waals surface area contributed by atoms with Gasteiger partial charge in [-0.05, 0) is 37.0 Å². The molecule has 6 nitrogen and oxygen atoms in total. The second-order valence-corrected chi connectivity index (χ2v) is 7.35. The Bertz CT molecular complexity index is 791. The Balaban J connectivity index is 1.38. The molecule has 0 atom stereocenters. The summed E-state index contributed by atoms with van der Waals surface area (Å²) in [5.41, 5.74) is 1.99. The predicted octanol–water partition coefficient (Wildman–Crippen LogP) is 2.66. The maximum atomic E-state index is 8.93. The van der Waals surface area contributed by atoms with Crippen LogP contribution in [0.5, 0.6) is 0 Å². The highest BCUT2D eigenvalue weighted by atomic mass is 15.3. The number of nitrogens with zero attached hydrogens (tertiary/aromatic N) is 6. The topological polar surface area (TPSA) is 59.3 Å². The molecule has 2 fully saturated rings. The zero-order chi connectivity index (χ0) is 18.5. The molecule has 0 N–H and O–H groups in total. The minimum Gasteiger partial charge on any atom is -0.356 e. The second-order valence-electron chi connectivity index (χ2n) is 7.35. The molecule has 3 heterocycles. The van der Waals surface area contributed by atoms with E-state index in [1.807, 2.05) is 12.1 Å². The first kappa shape index (κ1) is 17.7. The smallest absolute Gasteiger partial charge is 0.134 e. The number of aromatic nitrogens is 2. The fraction of sp³-hybridized carbons (Fsp3) is 0.476. The summed E-state index contributed by atoms with van der Waals surface area (Å²) >= 11 is 0. The van der Waals surface area contributed by atoms with Crippen molar-refractivity contribution in [3.8, 4) is 6.07 Å². The molecule has 4 rings (SSSR count). The monoisotopic (exact) mass is 362 g/mol. The Morgan fingerprint density at radius 2 is 1.48 bits per heavy atom. The first-order valence-corrected chi connectivity index (χ1v) is 9.85. The van der Waals surface area contributed by atoms with E-state index in [9.17, 15) is 0 Å². The molecule has 0 saturated carbocycles. The molecular formula is C21H26N6. The van der Waals surface area contributed by atoms with E-state index in [-0.39, 0.29) is 0 Å². The van der Waals surface area contributed by atoms with Gasteiger partial charge in [0.15, 0.2) is 0 Å². The van der Waals surface area contributed by atoms with Gasteiger partial charge in [-0.1, -0.05) is 12.1 Å². The van der Waals surface area contributed by atoms with Crippen LogP contribution in [-0.4, -0.2) is 54.1 Å². The molecule has 2 saturated heterocycles. The Hall–Kier alpha value is -2.65. The maximum absolute atomic E-state index is 8.93. The lowest BCUT2D eigenvalue weighted by Crippen LogP contribution is -2.31. The first-order chi connectivity index (χ1) is 13.3. The molecule has 27 heavy (non-hydrogen) atoms. The van der Waals surface area contributed by atoms with Crippen LogP contribution in [0.15, 0.2) is 36.7 Å². The predicted molar refractivity (Wildman–Crippen MR) is 107 cm³/mol. The number of rotatable bonds is 4. The van der Waals surface area contributed by atoms with E-state index in [2.05, 4.69) is 48.9 Å². The van der Waals surface area contributed by atoms with Gasteiger partial charge in [0.2, 0.25) is 0 Å². The summed E-state index contributed by atoms with van der Waals surface area (Å²) < 4.78 is 0. The number of hydrogen-bond acceptors (Lipinski definition) is 6. The molecule has 2 aliphatic rings. The molecule has 140 valence electrons. The summed E-state index contributed by atoms with van der Waals surface area (Å²) in [4.78, 5) is 16.3. The molecule has 0 spiro atoms. The van der Waals surface area contributed by atoms with Crippen LogP contribution in [0, 0.1) is 11.3 Å². The van der Waals surface area contributed by atoms with E-state index < -0.39 is 0 Å². The van der Waals surface area contributed by atoms with Crippen LogP contribution in [0.1, 0.15) is 30.4 Å². The third kappa shape index (κ3) is 4.37. The van der Waals surface area contributed by atoms with Crippen molar-refractivity contribution in [2.75, 3.05) is 49.1 Å². The van der Waals surface area contributed by atoms with Crippen molar-refractivity contribution in [1.82, 2.24) is 14.9 Å². The van der Waals surface area contributed by atoms with Crippen molar-refractivity contribution < 1.29 is 0 Å². The first-order valence-electron chi connectivity index (χ1n) is 9.85. The maximum Gasteiger partial charge on any atom is 0.134 e. The normalized spacial score (nSPS) is 18.3. The Morgan fingerprint density at radius 3 is 2.19 bits per heavy atom. The van der Waals surface area contributed by atoms with Crippen LogP contribution in [0.3, 0.4) is 0 Å². The van der Waals surface area contributed by atoms with Gasteiger partial charge in [-0.2, -0.15) is 5.26 Å². The zero-order valence-corrected chi connectivity index (χ0v) is 15.7. The quantitative estimate of drug-likeness (QED) is 0.833. The third-order valence-corrected chi connectivity index (χ3v) is 5.47. The van der Waals surface area contributed by atoms with E-state index in [1.165, 1.54) is 18.4 Å². The van der Waals surface area contributed by atoms with Crippen LogP contribution in [0.2, 0.25) is 0 Å². The van der Waals surface area contributed by atoms with Gasteiger partial charge in [0.1, 0.15) is 18.0 Å². The second kappa shape index (κ2) is 8.36. The third-order valence-electron chi connectivity index (χ3n) is 5.47. The summed E-state index contributed by atoms with van der Waals surface area (Å²) in [6.07, 6.45) is 5.35. The summed E-state index contributed by atoms with van der Waals surface area (Å²) in [7, 11) is 0. The molecule has 0 radical (unpaired) electrons. The molecule has 0 amide bonds. The van der Waals surface area contributed by atoms with Gasteiger partial charge in [-0.15, -0.1) is 0 Å². The number of benzene rings is 1. The van der Waals surface area contributed by atoms with E-state index in [1.54, 1.807) is 6.33 Å². The summed E-state index contributed by atoms with van der Waals surface area (Å²) in [6.45, 7) is 7.25. The Labute approximate surface area is 161 Å². The molecule has 0 bridgehead atoms. The van der Waals surface area contributed by atoms with Crippen molar-refractivity contribution in [3.63, 3.8) is 0 Å². The summed E-state index contributed by atoms with van der Waals surface area (Å²) in [6, 6.07) is 12.3. The van der Waals surface area contributed by atoms with E-state index >= 15 is 0 Å². The summed E-state index contributed by atoms with van der Waals surface area (Å²) in [5, 5.41) is 8.93. The minimum atomic E-state index is 0.721. The van der Waals surface area contributed by atoms with Crippen molar-refractivity contribution in [2.45, 2.75) is 25.8 Å². The lowest BCUT2D eigenvalue weighted by Gasteiger charge is -2.24. The highest BCUT2D eigenvalue weighted by Crippen LogP contribution is 2.22. The van der Waals surface area contributed by atoms with E-state index in [4.69, 9.17) is 5.26 Å². The number of hydrogen-bond donors (Lipinski definition) is 0. The molecule has 2 aliphatic heterocycles. The van der Waals surface area contributed by atoms with Gasteiger partial charge in [-0.3, -0.25) is 4.90 Å². The molecule has 0 unspecified atom stereocenters. The number of nitriles is 1. The van der Waals surface area contributed by atoms with Gasteiger partial charge in [0.25, 0.3) is 0 Å². The van der Waals surface area contributed by atoms with Crippen molar-refractivity contribution in [2.24, 2.45) is 0 Å². The zero-order valence-electron chi connectivity index (χ0n) is 15.7. The molecule has 2 aromatic rings. The minimum absolute atomic E-state index is 0.721. The van der Waals surface area contributed by atoms with E-state index in [0.717, 1.165) is 69.4 Å². The van der Waals surface area contributed by atoms with Crippen LogP contribution in [0.4, 0.5) is 11.6 Å². The average Bonchev–Trinajstić information content (AvgIpc) is 3.16. The average molecular weight is 362 g/mol. The highest BCUT2D eigenvalue weighted by molar-refractivity contribution is 5.50. The molecule has 6 heteroatoms. The Kier molecular flexibility index (Phi) is 5.50. The van der Waals surface area contributed by atoms with Crippen LogP contribution in [-0.2, 0) is 6.54 Å². The molecule has 1 aromatic heterocycles. The van der Waals surface area contributed by atoms with Gasteiger partial charge in [-0.25, -0.2) is 9.97 Å². The van der Waals surface area contributed by atoms with Crippen molar-refractivity contribution in [3.05, 3.63) is 47.8 Å². The number of anilines is 2. The lowest BCUT2D eigenvalue weighted by atomic mass is 10.1. The highest BCUT2D eigenvalue weighted by Gasteiger charge is 2.19.